The number of hydrazine groups is 1. The lowest BCUT2D eigenvalue weighted by molar-refractivity contribution is -0.117. The number of nitrogens with one attached hydrogen (secondary N) is 3. The van der Waals surface area contributed by atoms with Crippen molar-refractivity contribution in [3.63, 3.8) is 0 Å². The molecule has 0 radical (unpaired) electrons. The van der Waals surface area contributed by atoms with Crippen molar-refractivity contribution >= 4 is 27.5 Å². The molecule has 0 aromatic heterocycles. The van der Waals surface area contributed by atoms with Crippen molar-refractivity contribution in [2.75, 3.05) is 5.32 Å². The van der Waals surface area contributed by atoms with Gasteiger partial charge >= 0.3 is 0 Å². The number of aromatic hydroxyl groups is 1. The summed E-state index contributed by atoms with van der Waals surface area (Å²) in [4.78, 5) is 12.3. The Labute approximate surface area is 143 Å². The number of phenols is 1. The van der Waals surface area contributed by atoms with Gasteiger partial charge in [0.25, 0.3) is 0 Å². The van der Waals surface area contributed by atoms with Gasteiger partial charge in [-0.25, -0.2) is 10.9 Å². The number of benzene rings is 2. The predicted octanol–water partition coefficient (Wildman–Crippen LogP) is 3.01. The van der Waals surface area contributed by atoms with E-state index in [2.05, 4.69) is 32.1 Å². The molecule has 1 fully saturated rings. The highest BCUT2D eigenvalue weighted by Crippen LogP contribution is 2.31. The number of hydrogen-bond donors (Lipinski definition) is 4. The first-order valence-corrected chi connectivity index (χ1v) is 8.20. The summed E-state index contributed by atoms with van der Waals surface area (Å²) in [5.41, 5.74) is 8.47. The van der Waals surface area contributed by atoms with Gasteiger partial charge in [0, 0.05) is 15.7 Å². The Kier molecular flexibility index (Phi) is 4.66. The molecule has 120 valence electrons. The Morgan fingerprint density at radius 3 is 2.70 bits per heavy atom. The van der Waals surface area contributed by atoms with Gasteiger partial charge < -0.3 is 10.4 Å². The van der Waals surface area contributed by atoms with Crippen molar-refractivity contribution in [1.29, 1.82) is 0 Å². The summed E-state index contributed by atoms with van der Waals surface area (Å²) < 4.78 is 0.964. The van der Waals surface area contributed by atoms with E-state index in [0.717, 1.165) is 21.3 Å². The number of aryl methyl sites for hydroxylation is 1. The SMILES string of the molecule is Cc1cccc(C2CC(C(=O)Nc3ccc(Br)cc3)NN2)c1O. The Hall–Kier alpha value is -1.89. The van der Waals surface area contributed by atoms with Crippen LogP contribution in [0.25, 0.3) is 0 Å². The van der Waals surface area contributed by atoms with E-state index in [4.69, 9.17) is 0 Å². The summed E-state index contributed by atoms with van der Waals surface area (Å²) >= 11 is 3.37. The zero-order valence-electron chi connectivity index (χ0n) is 12.6. The van der Waals surface area contributed by atoms with E-state index in [9.17, 15) is 9.90 Å². The second-order valence-electron chi connectivity index (χ2n) is 5.64. The van der Waals surface area contributed by atoms with Crippen molar-refractivity contribution in [2.45, 2.75) is 25.4 Å². The Bertz CT molecular complexity index is 718. The standard InChI is InChI=1S/C17H18BrN3O2/c1-10-3-2-4-13(16(10)22)14-9-15(21-20-14)17(23)19-12-7-5-11(18)6-8-12/h2-8,14-15,20-22H,9H2,1H3,(H,19,23). The van der Waals surface area contributed by atoms with E-state index in [-0.39, 0.29) is 23.7 Å². The second-order valence-corrected chi connectivity index (χ2v) is 6.55. The number of carbonyl (C=O) groups excluding carboxylic acids is 1. The molecule has 0 bridgehead atoms. The highest BCUT2D eigenvalue weighted by molar-refractivity contribution is 9.10. The third-order valence-corrected chi connectivity index (χ3v) is 4.50. The lowest BCUT2D eigenvalue weighted by atomic mass is 9.99. The number of amides is 1. The number of rotatable bonds is 3. The minimum Gasteiger partial charge on any atom is -0.507 e. The van der Waals surface area contributed by atoms with Crippen LogP contribution < -0.4 is 16.2 Å². The first kappa shape index (κ1) is 16.0. The molecule has 0 spiro atoms. The first-order valence-electron chi connectivity index (χ1n) is 7.40. The van der Waals surface area contributed by atoms with Crippen LogP contribution in [0.3, 0.4) is 0 Å². The molecule has 3 rings (SSSR count). The highest BCUT2D eigenvalue weighted by atomic mass is 79.9. The van der Waals surface area contributed by atoms with Crippen LogP contribution in [-0.2, 0) is 4.79 Å². The van der Waals surface area contributed by atoms with Crippen molar-refractivity contribution in [3.05, 3.63) is 58.1 Å². The molecular weight excluding hydrogens is 358 g/mol. The molecule has 4 N–H and O–H groups in total. The van der Waals surface area contributed by atoms with Crippen molar-refractivity contribution in [3.8, 4) is 5.75 Å². The first-order chi connectivity index (χ1) is 11.0. The van der Waals surface area contributed by atoms with Crippen LogP contribution in [-0.4, -0.2) is 17.1 Å². The van der Waals surface area contributed by atoms with Gasteiger partial charge in [-0.2, -0.15) is 0 Å². The van der Waals surface area contributed by atoms with Gasteiger partial charge in [-0.15, -0.1) is 0 Å². The predicted molar refractivity (Wildman–Crippen MR) is 93.0 cm³/mol. The smallest absolute Gasteiger partial charge is 0.242 e. The maximum Gasteiger partial charge on any atom is 0.242 e. The Balaban J connectivity index is 1.66. The molecule has 2 aromatic carbocycles. The van der Waals surface area contributed by atoms with Gasteiger partial charge in [-0.05, 0) is 43.2 Å². The molecule has 1 amide bonds. The summed E-state index contributed by atoms with van der Waals surface area (Å²) in [5.74, 6) is 0.176. The minimum atomic E-state index is -0.358. The fraction of sp³-hybridized carbons (Fsp3) is 0.235. The molecule has 2 atom stereocenters. The second kappa shape index (κ2) is 6.70. The lowest BCUT2D eigenvalue weighted by Gasteiger charge is -2.13. The summed E-state index contributed by atoms with van der Waals surface area (Å²) in [6, 6.07) is 12.6. The largest absolute Gasteiger partial charge is 0.507 e. The monoisotopic (exact) mass is 375 g/mol. The maximum atomic E-state index is 12.3. The van der Waals surface area contributed by atoms with Gasteiger partial charge in [-0.1, -0.05) is 34.1 Å². The molecule has 6 heteroatoms. The molecular formula is C17H18BrN3O2. The van der Waals surface area contributed by atoms with Gasteiger partial charge in [0.2, 0.25) is 5.91 Å². The zero-order valence-corrected chi connectivity index (χ0v) is 14.2. The van der Waals surface area contributed by atoms with Gasteiger partial charge in [-0.3, -0.25) is 4.79 Å². The third kappa shape index (κ3) is 3.55. The van der Waals surface area contributed by atoms with E-state index in [0.29, 0.717) is 6.42 Å². The van der Waals surface area contributed by atoms with Crippen LogP contribution in [0, 0.1) is 6.92 Å². The van der Waals surface area contributed by atoms with Crippen LogP contribution in [0.5, 0.6) is 5.75 Å². The topological polar surface area (TPSA) is 73.4 Å². The maximum absolute atomic E-state index is 12.3. The quantitative estimate of drug-likeness (QED) is 0.665. The van der Waals surface area contributed by atoms with Crippen LogP contribution in [0.4, 0.5) is 5.69 Å². The number of hydrogen-bond acceptors (Lipinski definition) is 4. The molecule has 1 saturated heterocycles. The fourth-order valence-electron chi connectivity index (χ4n) is 2.66. The van der Waals surface area contributed by atoms with Crippen molar-refractivity contribution in [2.24, 2.45) is 0 Å². The van der Waals surface area contributed by atoms with Gasteiger partial charge in [0.1, 0.15) is 11.8 Å². The summed E-state index contributed by atoms with van der Waals surface area (Å²) in [5, 5.41) is 13.1. The van der Waals surface area contributed by atoms with E-state index in [1.165, 1.54) is 0 Å². The van der Waals surface area contributed by atoms with Crippen LogP contribution in [0.2, 0.25) is 0 Å². The van der Waals surface area contributed by atoms with E-state index in [1.54, 1.807) is 0 Å². The van der Waals surface area contributed by atoms with Gasteiger partial charge in [0.15, 0.2) is 0 Å². The average molecular weight is 376 g/mol. The average Bonchev–Trinajstić information content (AvgIpc) is 3.02. The fourth-order valence-corrected chi connectivity index (χ4v) is 2.92. The van der Waals surface area contributed by atoms with E-state index >= 15 is 0 Å². The molecule has 1 heterocycles. The number of phenolic OH excluding ortho intramolecular Hbond substituents is 1. The Morgan fingerprint density at radius 2 is 1.96 bits per heavy atom. The molecule has 2 aromatic rings. The summed E-state index contributed by atoms with van der Waals surface area (Å²) in [6.07, 6.45) is 0.569. The molecule has 23 heavy (non-hydrogen) atoms. The number of para-hydroxylation sites is 1. The molecule has 1 aliphatic rings. The van der Waals surface area contributed by atoms with Gasteiger partial charge in [0.05, 0.1) is 6.04 Å². The minimum absolute atomic E-state index is 0.101. The lowest BCUT2D eigenvalue weighted by Crippen LogP contribution is -2.39. The van der Waals surface area contributed by atoms with Crippen molar-refractivity contribution < 1.29 is 9.90 Å². The van der Waals surface area contributed by atoms with Crippen LogP contribution >= 0.6 is 15.9 Å². The molecule has 0 saturated carbocycles. The zero-order chi connectivity index (χ0) is 16.4. The van der Waals surface area contributed by atoms with Crippen LogP contribution in [0.15, 0.2) is 46.9 Å². The number of anilines is 1. The highest BCUT2D eigenvalue weighted by Gasteiger charge is 2.31. The molecule has 2 unspecified atom stereocenters. The van der Waals surface area contributed by atoms with E-state index in [1.807, 2.05) is 49.4 Å². The molecule has 0 aliphatic carbocycles. The van der Waals surface area contributed by atoms with Crippen LogP contribution in [0.1, 0.15) is 23.6 Å². The van der Waals surface area contributed by atoms with Crippen molar-refractivity contribution in [1.82, 2.24) is 10.9 Å². The van der Waals surface area contributed by atoms with E-state index < -0.39 is 0 Å². The summed E-state index contributed by atoms with van der Waals surface area (Å²) in [6.45, 7) is 1.86. The third-order valence-electron chi connectivity index (χ3n) is 3.98. The summed E-state index contributed by atoms with van der Waals surface area (Å²) in [7, 11) is 0. The molecule has 5 nitrogen and oxygen atoms in total. The number of carbonyl (C=O) groups is 1. The molecule has 1 aliphatic heterocycles. The number of halogens is 1. The normalized spacial score (nSPS) is 20.4. The Morgan fingerprint density at radius 1 is 1.22 bits per heavy atom.